The molecule has 1 fully saturated rings. The average molecular weight is 547 g/mol. The van der Waals surface area contributed by atoms with Crippen molar-refractivity contribution >= 4 is 44.3 Å². The van der Waals surface area contributed by atoms with Crippen molar-refractivity contribution in [3.63, 3.8) is 0 Å². The number of anilines is 1. The second kappa shape index (κ2) is 7.38. The number of para-hydroxylation sites is 1. The van der Waals surface area contributed by atoms with Crippen molar-refractivity contribution in [1.29, 1.82) is 0 Å². The summed E-state index contributed by atoms with van der Waals surface area (Å²) in [4.78, 5) is 49.5. The Kier molecular flexibility index (Phi) is 4.75. The third kappa shape index (κ3) is 2.63. The second-order valence-electron chi connectivity index (χ2n) is 10.6. The van der Waals surface area contributed by atoms with Crippen LogP contribution in [0, 0.1) is 5.41 Å². The largest absolute Gasteiger partial charge is 0.309 e. The van der Waals surface area contributed by atoms with Gasteiger partial charge in [0.2, 0.25) is 11.8 Å². The molecule has 2 aromatic carbocycles. The van der Waals surface area contributed by atoms with Crippen molar-refractivity contribution in [2.45, 2.75) is 57.8 Å². The minimum Gasteiger partial charge on any atom is -0.309 e. The summed E-state index contributed by atoms with van der Waals surface area (Å²) < 4.78 is 2.33. The fraction of sp³-hybridized carbons (Fsp3) is 0.357. The van der Waals surface area contributed by atoms with Gasteiger partial charge in [0, 0.05) is 22.5 Å². The fourth-order valence-corrected chi connectivity index (χ4v) is 7.14. The Morgan fingerprint density at radius 1 is 1.22 bits per heavy atom. The third-order valence-electron chi connectivity index (χ3n) is 8.63. The molecule has 0 aliphatic carbocycles. The SMILES string of the molecule is C=CC(C)(C)[C@@]12C[C@H]3c4nc5ccc(Br)cc5c(=O)n4[C@H](C)C(=O)N3[C@@H]1N(C(C)=O)c1ccccc12. The summed E-state index contributed by atoms with van der Waals surface area (Å²) in [5.41, 5.74) is 1.10. The molecule has 0 saturated carbocycles. The Hall–Kier alpha value is -3.26. The summed E-state index contributed by atoms with van der Waals surface area (Å²) in [6, 6.07) is 12.1. The molecule has 3 aromatic rings. The monoisotopic (exact) mass is 546 g/mol. The van der Waals surface area contributed by atoms with Crippen molar-refractivity contribution < 1.29 is 9.59 Å². The van der Waals surface area contributed by atoms with Crippen molar-refractivity contribution in [3.05, 3.63) is 81.3 Å². The van der Waals surface area contributed by atoms with E-state index in [9.17, 15) is 14.4 Å². The standard InChI is InChI=1S/C28H27BrN4O3/c1-6-27(4,5)28-14-22-23-30-20-12-11-17(29)13-18(20)25(36)31(23)15(2)24(35)33(22)26(28)32(16(3)34)21-10-8-7-9-19(21)28/h6-13,15,22,26H,1,14H2,2-5H3/t15-,22+,26+,28-/m1/s1. The van der Waals surface area contributed by atoms with E-state index in [-0.39, 0.29) is 17.4 Å². The number of rotatable bonds is 2. The highest BCUT2D eigenvalue weighted by Crippen LogP contribution is 2.65. The molecule has 1 aromatic heterocycles. The summed E-state index contributed by atoms with van der Waals surface area (Å²) >= 11 is 3.44. The molecule has 0 bridgehead atoms. The van der Waals surface area contributed by atoms with Gasteiger partial charge in [0.1, 0.15) is 18.0 Å². The van der Waals surface area contributed by atoms with Crippen LogP contribution < -0.4 is 10.5 Å². The molecule has 7 nitrogen and oxygen atoms in total. The van der Waals surface area contributed by atoms with E-state index >= 15 is 0 Å². The number of hydrogen-bond acceptors (Lipinski definition) is 4. The van der Waals surface area contributed by atoms with Crippen molar-refractivity contribution in [2.24, 2.45) is 5.41 Å². The molecule has 0 unspecified atom stereocenters. The summed E-state index contributed by atoms with van der Waals surface area (Å²) in [6.45, 7) is 11.7. The number of amides is 2. The first-order valence-corrected chi connectivity index (χ1v) is 12.9. The first-order chi connectivity index (χ1) is 17.0. The normalized spacial score (nSPS) is 26.5. The minimum absolute atomic E-state index is 0.130. The van der Waals surface area contributed by atoms with Gasteiger partial charge in [-0.2, -0.15) is 0 Å². The molecular formula is C28H27BrN4O3. The highest BCUT2D eigenvalue weighted by atomic mass is 79.9. The first kappa shape index (κ1) is 23.2. The minimum atomic E-state index is -0.750. The van der Waals surface area contributed by atoms with Crippen LogP contribution in [0.2, 0.25) is 0 Å². The number of allylic oxidation sites excluding steroid dienone is 1. The highest BCUT2D eigenvalue weighted by molar-refractivity contribution is 9.10. The van der Waals surface area contributed by atoms with Gasteiger partial charge in [-0.1, -0.05) is 54.1 Å². The number of carbonyl (C=O) groups excluding carboxylic acids is 2. The topological polar surface area (TPSA) is 75.5 Å². The lowest BCUT2D eigenvalue weighted by atomic mass is 9.60. The van der Waals surface area contributed by atoms with Gasteiger partial charge in [-0.05, 0) is 48.6 Å². The van der Waals surface area contributed by atoms with Crippen LogP contribution in [0.3, 0.4) is 0 Å². The number of carbonyl (C=O) groups is 2. The molecule has 0 N–H and O–H groups in total. The summed E-state index contributed by atoms with van der Waals surface area (Å²) in [7, 11) is 0. The van der Waals surface area contributed by atoms with Crippen LogP contribution in [-0.4, -0.2) is 32.4 Å². The maximum Gasteiger partial charge on any atom is 0.262 e. The molecule has 184 valence electrons. The van der Waals surface area contributed by atoms with Crippen LogP contribution in [0.5, 0.6) is 0 Å². The lowest BCUT2D eigenvalue weighted by Gasteiger charge is -2.46. The molecule has 3 aliphatic heterocycles. The number of hydrogen-bond donors (Lipinski definition) is 0. The van der Waals surface area contributed by atoms with Gasteiger partial charge in [0.05, 0.1) is 16.9 Å². The van der Waals surface area contributed by atoms with Crippen LogP contribution in [0.25, 0.3) is 10.9 Å². The van der Waals surface area contributed by atoms with Crippen LogP contribution in [0.1, 0.15) is 57.6 Å². The van der Waals surface area contributed by atoms with Gasteiger partial charge >= 0.3 is 0 Å². The molecule has 8 heteroatoms. The number of fused-ring (bicyclic) bond motifs is 8. The second-order valence-corrected chi connectivity index (χ2v) is 11.5. The van der Waals surface area contributed by atoms with Gasteiger partial charge in [0.15, 0.2) is 0 Å². The van der Waals surface area contributed by atoms with E-state index in [1.807, 2.05) is 41.3 Å². The Labute approximate surface area is 217 Å². The van der Waals surface area contributed by atoms with E-state index in [0.29, 0.717) is 23.1 Å². The molecule has 2 amide bonds. The maximum atomic E-state index is 14.1. The zero-order chi connectivity index (χ0) is 25.7. The summed E-state index contributed by atoms with van der Waals surface area (Å²) in [5, 5.41) is 0.469. The quantitative estimate of drug-likeness (QED) is 0.430. The average Bonchev–Trinajstić information content (AvgIpc) is 3.35. The highest BCUT2D eigenvalue weighted by Gasteiger charge is 2.69. The fourth-order valence-electron chi connectivity index (χ4n) is 6.78. The third-order valence-corrected chi connectivity index (χ3v) is 9.12. The van der Waals surface area contributed by atoms with Crippen LogP contribution in [0.15, 0.2) is 64.4 Å². The number of nitrogens with zero attached hydrogens (tertiary/aromatic N) is 4. The Morgan fingerprint density at radius 3 is 2.64 bits per heavy atom. The van der Waals surface area contributed by atoms with Crippen LogP contribution in [0.4, 0.5) is 5.69 Å². The van der Waals surface area contributed by atoms with Gasteiger partial charge in [0.25, 0.3) is 5.56 Å². The molecule has 1 saturated heterocycles. The summed E-state index contributed by atoms with van der Waals surface area (Å²) in [6.07, 6.45) is 1.89. The molecule has 4 atom stereocenters. The molecule has 0 spiro atoms. The number of aromatic nitrogens is 2. The molecule has 3 aliphatic rings. The van der Waals surface area contributed by atoms with Crippen molar-refractivity contribution in [2.75, 3.05) is 4.90 Å². The van der Waals surface area contributed by atoms with Crippen molar-refractivity contribution in [3.8, 4) is 0 Å². The van der Waals surface area contributed by atoms with E-state index < -0.39 is 29.1 Å². The van der Waals surface area contributed by atoms with E-state index in [4.69, 9.17) is 4.98 Å². The smallest absolute Gasteiger partial charge is 0.262 e. The zero-order valence-corrected chi connectivity index (χ0v) is 22.2. The molecule has 6 rings (SSSR count). The van der Waals surface area contributed by atoms with E-state index in [2.05, 4.69) is 42.4 Å². The Bertz CT molecular complexity index is 1560. The van der Waals surface area contributed by atoms with Gasteiger partial charge in [-0.15, -0.1) is 6.58 Å². The van der Waals surface area contributed by atoms with Gasteiger partial charge in [-0.3, -0.25) is 23.9 Å². The molecular weight excluding hydrogens is 520 g/mol. The first-order valence-electron chi connectivity index (χ1n) is 12.1. The van der Waals surface area contributed by atoms with E-state index in [1.54, 1.807) is 29.4 Å². The lowest BCUT2D eigenvalue weighted by molar-refractivity contribution is -0.141. The van der Waals surface area contributed by atoms with Crippen LogP contribution >= 0.6 is 15.9 Å². The zero-order valence-electron chi connectivity index (χ0n) is 20.7. The molecule has 4 heterocycles. The maximum absolute atomic E-state index is 14.1. The Morgan fingerprint density at radius 2 is 1.94 bits per heavy atom. The van der Waals surface area contributed by atoms with E-state index in [0.717, 1.165) is 15.7 Å². The predicted octanol–water partition coefficient (Wildman–Crippen LogP) is 4.85. The van der Waals surface area contributed by atoms with Gasteiger partial charge < -0.3 is 4.90 Å². The number of benzene rings is 2. The molecule has 0 radical (unpaired) electrons. The van der Waals surface area contributed by atoms with E-state index in [1.165, 1.54) is 0 Å². The van der Waals surface area contributed by atoms with Gasteiger partial charge in [-0.25, -0.2) is 4.98 Å². The molecule has 36 heavy (non-hydrogen) atoms. The predicted molar refractivity (Wildman–Crippen MR) is 142 cm³/mol. The summed E-state index contributed by atoms with van der Waals surface area (Å²) in [5.74, 6) is 0.252. The number of halogens is 1. The Balaban J connectivity index is 1.68. The lowest BCUT2D eigenvalue weighted by Crippen LogP contribution is -2.59. The van der Waals surface area contributed by atoms with Crippen LogP contribution in [-0.2, 0) is 15.0 Å². The van der Waals surface area contributed by atoms with Crippen molar-refractivity contribution in [1.82, 2.24) is 14.5 Å².